The molecule has 1 aromatic heterocycles. The molecule has 29 heavy (non-hydrogen) atoms. The fourth-order valence-electron chi connectivity index (χ4n) is 2.91. The second-order valence-electron chi connectivity index (χ2n) is 6.61. The van der Waals surface area contributed by atoms with Crippen LogP contribution in [0.25, 0.3) is 5.69 Å². The molecule has 0 spiro atoms. The number of rotatable bonds is 6. The number of thioether (sulfide) groups is 1. The number of ether oxygens (including phenoxy) is 2. The molecule has 2 heterocycles. The standard InChI is InChI=1S/C20H19ClN4O3S/c1-12-3-5-15(8-16(12)21)25-10-22-24-20(25)29-9-19(26)23-13(2)14-4-6-17-18(7-14)28-11-27-17/h3-8,10,13H,9,11H2,1-2H3,(H,23,26). The average molecular weight is 431 g/mol. The number of hydrogen-bond donors (Lipinski definition) is 1. The van der Waals surface area contributed by atoms with E-state index in [2.05, 4.69) is 15.5 Å². The summed E-state index contributed by atoms with van der Waals surface area (Å²) in [5.74, 6) is 1.53. The van der Waals surface area contributed by atoms with Crippen LogP contribution in [-0.4, -0.2) is 33.2 Å². The molecular formula is C20H19ClN4O3S. The van der Waals surface area contributed by atoms with Crippen molar-refractivity contribution in [3.8, 4) is 17.2 Å². The van der Waals surface area contributed by atoms with Gasteiger partial charge in [0.25, 0.3) is 0 Å². The number of nitrogens with one attached hydrogen (secondary N) is 1. The van der Waals surface area contributed by atoms with Crippen LogP contribution in [0.4, 0.5) is 0 Å². The van der Waals surface area contributed by atoms with Crippen molar-refractivity contribution < 1.29 is 14.3 Å². The molecule has 1 atom stereocenters. The van der Waals surface area contributed by atoms with Crippen LogP contribution in [-0.2, 0) is 4.79 Å². The molecule has 0 radical (unpaired) electrons. The minimum Gasteiger partial charge on any atom is -0.454 e. The van der Waals surface area contributed by atoms with Gasteiger partial charge >= 0.3 is 0 Å². The Labute approximate surface area is 177 Å². The first-order valence-corrected chi connectivity index (χ1v) is 10.4. The van der Waals surface area contributed by atoms with Crippen molar-refractivity contribution in [2.45, 2.75) is 25.0 Å². The van der Waals surface area contributed by atoms with Crippen LogP contribution in [0.15, 0.2) is 47.9 Å². The molecule has 4 rings (SSSR count). The van der Waals surface area contributed by atoms with Crippen LogP contribution in [0.2, 0.25) is 5.02 Å². The zero-order valence-corrected chi connectivity index (χ0v) is 17.5. The Morgan fingerprint density at radius 1 is 1.28 bits per heavy atom. The number of aromatic nitrogens is 3. The van der Waals surface area contributed by atoms with Crippen LogP contribution in [0.1, 0.15) is 24.1 Å². The van der Waals surface area contributed by atoms with E-state index in [0.29, 0.717) is 15.9 Å². The van der Waals surface area contributed by atoms with Crippen LogP contribution >= 0.6 is 23.4 Å². The van der Waals surface area contributed by atoms with E-state index in [1.54, 1.807) is 6.33 Å². The molecule has 1 unspecified atom stereocenters. The summed E-state index contributed by atoms with van der Waals surface area (Å²) in [5, 5.41) is 12.4. The lowest BCUT2D eigenvalue weighted by atomic mass is 10.1. The van der Waals surface area contributed by atoms with Gasteiger partial charge in [-0.05, 0) is 49.2 Å². The molecule has 1 aliphatic rings. The van der Waals surface area contributed by atoms with Crippen molar-refractivity contribution in [2.24, 2.45) is 0 Å². The normalized spacial score (nSPS) is 13.3. The number of hydrogen-bond acceptors (Lipinski definition) is 6. The zero-order valence-electron chi connectivity index (χ0n) is 15.9. The van der Waals surface area contributed by atoms with E-state index < -0.39 is 0 Å². The predicted octanol–water partition coefficient (Wildman–Crippen LogP) is 3.93. The van der Waals surface area contributed by atoms with E-state index in [0.717, 1.165) is 22.6 Å². The maximum atomic E-state index is 12.4. The molecule has 1 amide bonds. The van der Waals surface area contributed by atoms with E-state index in [-0.39, 0.29) is 24.5 Å². The Balaban J connectivity index is 1.38. The molecule has 0 bridgehead atoms. The van der Waals surface area contributed by atoms with Gasteiger partial charge < -0.3 is 14.8 Å². The largest absolute Gasteiger partial charge is 0.454 e. The van der Waals surface area contributed by atoms with Gasteiger partial charge in [0.2, 0.25) is 12.7 Å². The lowest BCUT2D eigenvalue weighted by Crippen LogP contribution is -2.28. The Kier molecular flexibility index (Phi) is 5.64. The fraction of sp³-hybridized carbons (Fsp3) is 0.250. The smallest absolute Gasteiger partial charge is 0.231 e. The molecule has 7 nitrogen and oxygen atoms in total. The van der Waals surface area contributed by atoms with E-state index >= 15 is 0 Å². The summed E-state index contributed by atoms with van der Waals surface area (Å²) in [5.41, 5.74) is 2.79. The van der Waals surface area contributed by atoms with Gasteiger partial charge in [-0.15, -0.1) is 10.2 Å². The SMILES string of the molecule is Cc1ccc(-n2cnnc2SCC(=O)NC(C)c2ccc3c(c2)OCO3)cc1Cl. The van der Waals surface area contributed by atoms with Gasteiger partial charge in [-0.3, -0.25) is 9.36 Å². The number of nitrogens with zero attached hydrogens (tertiary/aromatic N) is 3. The Morgan fingerprint density at radius 3 is 2.93 bits per heavy atom. The van der Waals surface area contributed by atoms with Crippen molar-refractivity contribution >= 4 is 29.3 Å². The second-order valence-corrected chi connectivity index (χ2v) is 7.96. The van der Waals surface area contributed by atoms with Crippen molar-refractivity contribution in [3.63, 3.8) is 0 Å². The van der Waals surface area contributed by atoms with E-state index in [1.165, 1.54) is 11.8 Å². The average Bonchev–Trinajstić information content (AvgIpc) is 3.37. The molecule has 3 aromatic rings. The van der Waals surface area contributed by atoms with Gasteiger partial charge in [0.1, 0.15) is 6.33 Å². The fourth-order valence-corrected chi connectivity index (χ4v) is 3.83. The lowest BCUT2D eigenvalue weighted by Gasteiger charge is -2.15. The number of carbonyl (C=O) groups excluding carboxylic acids is 1. The van der Waals surface area contributed by atoms with Crippen molar-refractivity contribution in [1.29, 1.82) is 0 Å². The van der Waals surface area contributed by atoms with Crippen molar-refractivity contribution in [3.05, 3.63) is 58.9 Å². The Bertz CT molecular complexity index is 1060. The first-order chi connectivity index (χ1) is 14.0. The summed E-state index contributed by atoms with van der Waals surface area (Å²) in [6.45, 7) is 4.10. The molecule has 0 aliphatic carbocycles. The highest BCUT2D eigenvalue weighted by Crippen LogP contribution is 2.34. The minimum absolute atomic E-state index is 0.100. The minimum atomic E-state index is -0.161. The van der Waals surface area contributed by atoms with Crippen molar-refractivity contribution in [2.75, 3.05) is 12.5 Å². The highest BCUT2D eigenvalue weighted by atomic mass is 35.5. The number of carbonyl (C=O) groups is 1. The molecular weight excluding hydrogens is 412 g/mol. The van der Waals surface area contributed by atoms with Crippen LogP contribution in [0.5, 0.6) is 11.5 Å². The van der Waals surface area contributed by atoms with E-state index in [4.69, 9.17) is 21.1 Å². The van der Waals surface area contributed by atoms with Crippen LogP contribution in [0, 0.1) is 6.92 Å². The molecule has 2 aromatic carbocycles. The topological polar surface area (TPSA) is 78.3 Å². The number of benzene rings is 2. The highest BCUT2D eigenvalue weighted by molar-refractivity contribution is 7.99. The van der Waals surface area contributed by atoms with E-state index in [9.17, 15) is 4.79 Å². The Hall–Kier alpha value is -2.71. The number of fused-ring (bicyclic) bond motifs is 1. The quantitative estimate of drug-likeness (QED) is 0.597. The van der Waals surface area contributed by atoms with Crippen LogP contribution in [0.3, 0.4) is 0 Å². The maximum Gasteiger partial charge on any atom is 0.231 e. The summed E-state index contributed by atoms with van der Waals surface area (Å²) < 4.78 is 12.5. The van der Waals surface area contributed by atoms with Gasteiger partial charge in [0, 0.05) is 5.02 Å². The third-order valence-electron chi connectivity index (χ3n) is 4.56. The van der Waals surface area contributed by atoms with E-state index in [1.807, 2.05) is 54.8 Å². The summed E-state index contributed by atoms with van der Waals surface area (Å²) in [4.78, 5) is 12.4. The molecule has 150 valence electrons. The third-order valence-corrected chi connectivity index (χ3v) is 5.91. The van der Waals surface area contributed by atoms with Crippen molar-refractivity contribution in [1.82, 2.24) is 20.1 Å². The molecule has 0 saturated heterocycles. The Morgan fingerprint density at radius 2 is 2.10 bits per heavy atom. The maximum absolute atomic E-state index is 12.4. The van der Waals surface area contributed by atoms with Gasteiger partial charge in [-0.2, -0.15) is 0 Å². The summed E-state index contributed by atoms with van der Waals surface area (Å²) >= 11 is 7.53. The van der Waals surface area contributed by atoms with Gasteiger partial charge in [-0.1, -0.05) is 35.5 Å². The van der Waals surface area contributed by atoms with Gasteiger partial charge in [0.05, 0.1) is 17.5 Å². The van der Waals surface area contributed by atoms with Crippen LogP contribution < -0.4 is 14.8 Å². The first-order valence-electron chi connectivity index (χ1n) is 8.99. The monoisotopic (exact) mass is 430 g/mol. The lowest BCUT2D eigenvalue weighted by molar-refractivity contribution is -0.119. The highest BCUT2D eigenvalue weighted by Gasteiger charge is 2.17. The summed E-state index contributed by atoms with van der Waals surface area (Å²) in [7, 11) is 0. The number of halogens is 1. The van der Waals surface area contributed by atoms with Gasteiger partial charge in [-0.25, -0.2) is 0 Å². The molecule has 1 aliphatic heterocycles. The predicted molar refractivity (Wildman–Crippen MR) is 111 cm³/mol. The third kappa shape index (κ3) is 4.33. The summed E-state index contributed by atoms with van der Waals surface area (Å²) in [6.07, 6.45) is 1.61. The zero-order chi connectivity index (χ0) is 20.4. The molecule has 0 fully saturated rings. The second kappa shape index (κ2) is 8.34. The number of amides is 1. The first kappa shape index (κ1) is 19.6. The summed E-state index contributed by atoms with van der Waals surface area (Å²) in [6, 6.07) is 11.2. The molecule has 9 heteroatoms. The molecule has 1 N–H and O–H groups in total. The van der Waals surface area contributed by atoms with Gasteiger partial charge in [0.15, 0.2) is 16.7 Å². The molecule has 0 saturated carbocycles. The number of aryl methyl sites for hydroxylation is 1.